The minimum absolute atomic E-state index is 0.262. The highest BCUT2D eigenvalue weighted by atomic mass is 14.3. The first-order chi connectivity index (χ1) is 7.12. The number of allylic oxidation sites excluding steroid dienone is 3. The van der Waals surface area contributed by atoms with E-state index in [1.165, 1.54) is 24.8 Å². The Labute approximate surface area is 102 Å². The summed E-state index contributed by atoms with van der Waals surface area (Å²) < 4.78 is 0. The van der Waals surface area contributed by atoms with Gasteiger partial charge in [0.15, 0.2) is 0 Å². The van der Waals surface area contributed by atoms with Crippen LogP contribution in [0, 0.1) is 16.7 Å². The lowest BCUT2D eigenvalue weighted by Gasteiger charge is -2.34. The van der Waals surface area contributed by atoms with Crippen LogP contribution < -0.4 is 0 Å². The van der Waals surface area contributed by atoms with Gasteiger partial charge < -0.3 is 0 Å². The molecule has 0 heteroatoms. The average molecular weight is 220 g/mol. The molecule has 1 unspecified atom stereocenters. The van der Waals surface area contributed by atoms with E-state index in [0.29, 0.717) is 11.3 Å². The monoisotopic (exact) mass is 220 g/mol. The fourth-order valence-corrected chi connectivity index (χ4v) is 2.44. The Hall–Kier alpha value is -0.520. The van der Waals surface area contributed by atoms with Crippen molar-refractivity contribution >= 4 is 0 Å². The van der Waals surface area contributed by atoms with Gasteiger partial charge >= 0.3 is 0 Å². The molecule has 1 atom stereocenters. The van der Waals surface area contributed by atoms with Crippen LogP contribution in [0.3, 0.4) is 0 Å². The van der Waals surface area contributed by atoms with Gasteiger partial charge in [-0.15, -0.1) is 0 Å². The zero-order valence-electron chi connectivity index (χ0n) is 12.0. The van der Waals surface area contributed by atoms with E-state index in [0.717, 1.165) is 0 Å². The van der Waals surface area contributed by atoms with Gasteiger partial charge in [0.25, 0.3) is 0 Å². The Morgan fingerprint density at radius 1 is 1.19 bits per heavy atom. The van der Waals surface area contributed by atoms with Crippen molar-refractivity contribution in [2.75, 3.05) is 0 Å². The summed E-state index contributed by atoms with van der Waals surface area (Å²) in [7, 11) is 0. The quantitative estimate of drug-likeness (QED) is 0.522. The molecule has 0 aliphatic heterocycles. The molecule has 0 aromatic rings. The largest absolute Gasteiger partial charge is 0.0990 e. The Bertz CT molecular complexity index is 291. The van der Waals surface area contributed by atoms with Crippen LogP contribution in [0.2, 0.25) is 0 Å². The van der Waals surface area contributed by atoms with E-state index < -0.39 is 0 Å². The first-order valence-corrected chi connectivity index (χ1v) is 6.51. The van der Waals surface area contributed by atoms with Crippen LogP contribution in [0.4, 0.5) is 0 Å². The summed E-state index contributed by atoms with van der Waals surface area (Å²) in [6, 6.07) is 0. The third-order valence-corrected chi connectivity index (χ3v) is 3.83. The predicted octanol–water partition coefficient (Wildman–Crippen LogP) is 5.36. The van der Waals surface area contributed by atoms with Crippen LogP contribution in [0.15, 0.2) is 23.8 Å². The Balaban J connectivity index is 2.69. The van der Waals surface area contributed by atoms with Gasteiger partial charge in [-0.3, -0.25) is 0 Å². The lowest BCUT2D eigenvalue weighted by atomic mass is 9.71. The standard InChI is InChI=1S/C16H28/c1-12(15(2,3)4)13-8-10-14(11-9-13)16(5,6)7/h10,13H,1,8-9,11H2,2-7H3. The second-order valence-corrected chi connectivity index (χ2v) is 7.23. The molecule has 0 N–H and O–H groups in total. The minimum atomic E-state index is 0.262. The number of hydrogen-bond acceptors (Lipinski definition) is 0. The van der Waals surface area contributed by atoms with Crippen LogP contribution in [-0.2, 0) is 0 Å². The van der Waals surface area contributed by atoms with Crippen LogP contribution in [0.5, 0.6) is 0 Å². The molecule has 0 aromatic heterocycles. The van der Waals surface area contributed by atoms with Crippen molar-refractivity contribution < 1.29 is 0 Å². The van der Waals surface area contributed by atoms with Crippen molar-refractivity contribution in [2.45, 2.75) is 60.8 Å². The second-order valence-electron chi connectivity index (χ2n) is 7.23. The highest BCUT2D eigenvalue weighted by Gasteiger charge is 2.27. The average Bonchev–Trinajstić information content (AvgIpc) is 2.14. The Morgan fingerprint density at radius 2 is 1.75 bits per heavy atom. The first-order valence-electron chi connectivity index (χ1n) is 6.51. The van der Waals surface area contributed by atoms with Crippen molar-refractivity contribution in [2.24, 2.45) is 16.7 Å². The SMILES string of the molecule is C=C(C1CC=C(C(C)(C)C)CC1)C(C)(C)C. The van der Waals surface area contributed by atoms with Gasteiger partial charge in [-0.1, -0.05) is 65.3 Å². The van der Waals surface area contributed by atoms with E-state index in [9.17, 15) is 0 Å². The predicted molar refractivity (Wildman–Crippen MR) is 73.5 cm³/mol. The molecular weight excluding hydrogens is 192 g/mol. The van der Waals surface area contributed by atoms with Crippen molar-refractivity contribution in [3.8, 4) is 0 Å². The number of hydrogen-bond donors (Lipinski definition) is 0. The van der Waals surface area contributed by atoms with Crippen LogP contribution in [0.25, 0.3) is 0 Å². The fraction of sp³-hybridized carbons (Fsp3) is 0.750. The summed E-state index contributed by atoms with van der Waals surface area (Å²) in [6.45, 7) is 18.1. The minimum Gasteiger partial charge on any atom is -0.0990 e. The van der Waals surface area contributed by atoms with E-state index in [1.54, 1.807) is 5.57 Å². The van der Waals surface area contributed by atoms with Crippen LogP contribution in [-0.4, -0.2) is 0 Å². The molecule has 0 heterocycles. The van der Waals surface area contributed by atoms with Gasteiger partial charge in [-0.05, 0) is 36.0 Å². The van der Waals surface area contributed by atoms with Crippen molar-refractivity contribution in [1.29, 1.82) is 0 Å². The van der Waals surface area contributed by atoms with E-state index in [1.807, 2.05) is 0 Å². The molecule has 0 spiro atoms. The van der Waals surface area contributed by atoms with E-state index in [2.05, 4.69) is 54.2 Å². The molecule has 92 valence electrons. The summed E-state index contributed by atoms with van der Waals surface area (Å²) in [4.78, 5) is 0. The highest BCUT2D eigenvalue weighted by molar-refractivity contribution is 5.20. The molecular formula is C16H28. The molecule has 1 aliphatic carbocycles. The first kappa shape index (κ1) is 13.5. The van der Waals surface area contributed by atoms with Gasteiger partial charge in [-0.25, -0.2) is 0 Å². The van der Waals surface area contributed by atoms with Crippen LogP contribution in [0.1, 0.15) is 60.8 Å². The Kier molecular flexibility index (Phi) is 3.72. The normalized spacial score (nSPS) is 22.9. The Morgan fingerprint density at radius 3 is 2.06 bits per heavy atom. The number of rotatable bonds is 1. The maximum absolute atomic E-state index is 4.31. The summed E-state index contributed by atoms with van der Waals surface area (Å²) in [5.74, 6) is 0.700. The molecule has 0 radical (unpaired) electrons. The van der Waals surface area contributed by atoms with E-state index in [4.69, 9.17) is 0 Å². The highest BCUT2D eigenvalue weighted by Crippen LogP contribution is 2.41. The topological polar surface area (TPSA) is 0 Å². The van der Waals surface area contributed by atoms with Gasteiger partial charge in [0.05, 0.1) is 0 Å². The lowest BCUT2D eigenvalue weighted by molar-refractivity contribution is 0.376. The van der Waals surface area contributed by atoms with Gasteiger partial charge in [-0.2, -0.15) is 0 Å². The molecule has 0 fully saturated rings. The fourth-order valence-electron chi connectivity index (χ4n) is 2.44. The zero-order chi connectivity index (χ0) is 12.6. The zero-order valence-corrected chi connectivity index (χ0v) is 12.0. The molecule has 0 nitrogen and oxygen atoms in total. The summed E-state index contributed by atoms with van der Waals surface area (Å²) >= 11 is 0. The lowest BCUT2D eigenvalue weighted by Crippen LogP contribution is -2.21. The maximum atomic E-state index is 4.31. The molecule has 1 rings (SSSR count). The smallest absolute Gasteiger partial charge is 0.0163 e. The van der Waals surface area contributed by atoms with Gasteiger partial charge in [0.2, 0.25) is 0 Å². The molecule has 0 aromatic carbocycles. The van der Waals surface area contributed by atoms with Crippen LogP contribution >= 0.6 is 0 Å². The van der Waals surface area contributed by atoms with Crippen molar-refractivity contribution in [3.63, 3.8) is 0 Å². The molecule has 0 amide bonds. The molecule has 16 heavy (non-hydrogen) atoms. The molecule has 0 saturated carbocycles. The van der Waals surface area contributed by atoms with Gasteiger partial charge in [0, 0.05) is 0 Å². The maximum Gasteiger partial charge on any atom is -0.0163 e. The third-order valence-electron chi connectivity index (χ3n) is 3.83. The van der Waals surface area contributed by atoms with Gasteiger partial charge in [0.1, 0.15) is 0 Å². The summed E-state index contributed by atoms with van der Waals surface area (Å²) in [5, 5.41) is 0. The molecule has 1 aliphatic rings. The second kappa shape index (κ2) is 4.39. The van der Waals surface area contributed by atoms with Crippen molar-refractivity contribution in [3.05, 3.63) is 23.8 Å². The van der Waals surface area contributed by atoms with E-state index >= 15 is 0 Å². The van der Waals surface area contributed by atoms with E-state index in [-0.39, 0.29) is 5.41 Å². The summed E-state index contributed by atoms with van der Waals surface area (Å²) in [5.41, 5.74) is 3.67. The molecule has 0 bridgehead atoms. The summed E-state index contributed by atoms with van der Waals surface area (Å²) in [6.07, 6.45) is 6.20. The third kappa shape index (κ3) is 3.23. The molecule has 0 saturated heterocycles. The van der Waals surface area contributed by atoms with Crippen molar-refractivity contribution in [1.82, 2.24) is 0 Å².